The monoisotopic (exact) mass is 241 g/mol. The largest absolute Gasteiger partial charge is 0.455 e. The van der Waals surface area contributed by atoms with Gasteiger partial charge in [-0.1, -0.05) is 6.92 Å². The predicted molar refractivity (Wildman–Crippen MR) is 53.9 cm³/mol. The second-order valence-corrected chi connectivity index (χ2v) is 3.63. The molecule has 0 radical (unpaired) electrons. The second kappa shape index (κ2) is 3.03. The van der Waals surface area contributed by atoms with Crippen molar-refractivity contribution in [3.63, 3.8) is 0 Å². The average molecular weight is 242 g/mol. The number of rotatable bonds is 1. The van der Waals surface area contributed by atoms with Crippen LogP contribution in [0, 0.1) is 0 Å². The van der Waals surface area contributed by atoms with E-state index < -0.39 is 0 Å². The molecular weight excluding hydrogens is 234 g/mol. The fourth-order valence-electron chi connectivity index (χ4n) is 1.23. The van der Waals surface area contributed by atoms with Gasteiger partial charge in [-0.05, 0) is 22.0 Å². The van der Waals surface area contributed by atoms with Gasteiger partial charge in [0, 0.05) is 22.5 Å². The number of halogens is 1. The van der Waals surface area contributed by atoms with Crippen molar-refractivity contribution in [3.8, 4) is 0 Å². The highest BCUT2D eigenvalue weighted by Crippen LogP contribution is 2.23. The third kappa shape index (κ3) is 1.31. The molecule has 68 valence electrons. The number of pyridine rings is 1. The Morgan fingerprint density at radius 3 is 3.00 bits per heavy atom. The van der Waals surface area contributed by atoms with E-state index in [2.05, 4.69) is 20.9 Å². The molecule has 2 heterocycles. The molecule has 1 N–H and O–H groups in total. The minimum Gasteiger partial charge on any atom is -0.455 e. The number of aryl methyl sites for hydroxylation is 1. The maximum absolute atomic E-state index is 11.3. The molecule has 0 saturated carbocycles. The van der Waals surface area contributed by atoms with Crippen LogP contribution < -0.4 is 5.56 Å². The third-order valence-electron chi connectivity index (χ3n) is 1.93. The maximum Gasteiger partial charge on any atom is 0.291 e. The molecule has 2 aromatic heterocycles. The van der Waals surface area contributed by atoms with Gasteiger partial charge in [-0.15, -0.1) is 0 Å². The van der Waals surface area contributed by atoms with Crippen LogP contribution in [0.5, 0.6) is 0 Å². The summed E-state index contributed by atoms with van der Waals surface area (Å²) in [6.45, 7) is 1.99. The number of fused-ring (bicyclic) bond motifs is 1. The summed E-state index contributed by atoms with van der Waals surface area (Å²) < 4.78 is 6.21. The number of aromatic amines is 1. The van der Waals surface area contributed by atoms with Crippen molar-refractivity contribution in [1.29, 1.82) is 0 Å². The van der Waals surface area contributed by atoms with Crippen molar-refractivity contribution in [3.05, 3.63) is 32.8 Å². The van der Waals surface area contributed by atoms with Gasteiger partial charge in [0.25, 0.3) is 5.56 Å². The lowest BCUT2D eigenvalue weighted by Gasteiger charge is -1.89. The van der Waals surface area contributed by atoms with Gasteiger partial charge in [0.2, 0.25) is 0 Å². The molecule has 0 unspecified atom stereocenters. The van der Waals surface area contributed by atoms with Crippen molar-refractivity contribution in [2.75, 3.05) is 0 Å². The summed E-state index contributed by atoms with van der Waals surface area (Å²) in [5.41, 5.74) is 0.212. The number of furan rings is 1. The van der Waals surface area contributed by atoms with Crippen LogP contribution in [0.15, 0.2) is 25.9 Å². The van der Waals surface area contributed by atoms with Crippen LogP contribution in [0.2, 0.25) is 0 Å². The number of nitrogens with one attached hydrogen (secondary N) is 1. The standard InChI is InChI=1S/C9H8BrNO2/c1-2-5-3-6-7(10)4-11-9(12)8(6)13-5/h3-4H,2H2,1H3,(H,11,12). The van der Waals surface area contributed by atoms with E-state index >= 15 is 0 Å². The lowest BCUT2D eigenvalue weighted by Crippen LogP contribution is -2.03. The Labute approximate surface area is 82.9 Å². The first-order chi connectivity index (χ1) is 6.22. The van der Waals surface area contributed by atoms with E-state index in [0.29, 0.717) is 5.58 Å². The topological polar surface area (TPSA) is 46.0 Å². The van der Waals surface area contributed by atoms with Gasteiger partial charge in [-0.3, -0.25) is 4.79 Å². The molecule has 0 saturated heterocycles. The van der Waals surface area contributed by atoms with E-state index in [1.54, 1.807) is 6.20 Å². The van der Waals surface area contributed by atoms with Gasteiger partial charge in [-0.25, -0.2) is 0 Å². The fraction of sp³-hybridized carbons (Fsp3) is 0.222. The number of hydrogen-bond acceptors (Lipinski definition) is 2. The molecule has 4 heteroatoms. The van der Waals surface area contributed by atoms with E-state index in [-0.39, 0.29) is 5.56 Å². The molecule has 2 aromatic rings. The summed E-state index contributed by atoms with van der Waals surface area (Å²) in [6, 6.07) is 1.88. The summed E-state index contributed by atoms with van der Waals surface area (Å²) in [5.74, 6) is 0.826. The van der Waals surface area contributed by atoms with E-state index in [1.165, 1.54) is 0 Å². The Morgan fingerprint density at radius 2 is 2.38 bits per heavy atom. The smallest absolute Gasteiger partial charge is 0.291 e. The minimum absolute atomic E-state index is 0.182. The van der Waals surface area contributed by atoms with Crippen LogP contribution in [0.1, 0.15) is 12.7 Å². The van der Waals surface area contributed by atoms with Crippen molar-refractivity contribution in [2.24, 2.45) is 0 Å². The third-order valence-corrected chi connectivity index (χ3v) is 2.58. The van der Waals surface area contributed by atoms with Crippen molar-refractivity contribution in [2.45, 2.75) is 13.3 Å². The normalized spacial score (nSPS) is 10.9. The molecule has 2 rings (SSSR count). The summed E-state index contributed by atoms with van der Waals surface area (Å²) in [7, 11) is 0. The minimum atomic E-state index is -0.182. The van der Waals surface area contributed by atoms with Crippen molar-refractivity contribution in [1.82, 2.24) is 4.98 Å². The highest BCUT2D eigenvalue weighted by molar-refractivity contribution is 9.10. The Bertz CT molecular complexity index is 498. The van der Waals surface area contributed by atoms with E-state index in [0.717, 1.165) is 22.0 Å². The molecule has 3 nitrogen and oxygen atoms in total. The van der Waals surface area contributed by atoms with Crippen LogP contribution in [-0.4, -0.2) is 4.98 Å². The molecular formula is C9H8BrNO2. The Hall–Kier alpha value is -1.03. The van der Waals surface area contributed by atoms with Gasteiger partial charge in [-0.2, -0.15) is 0 Å². The molecule has 0 aliphatic rings. The lowest BCUT2D eigenvalue weighted by molar-refractivity contribution is 0.553. The molecule has 0 aromatic carbocycles. The van der Waals surface area contributed by atoms with Crippen molar-refractivity contribution >= 4 is 26.9 Å². The molecule has 0 atom stereocenters. The quantitative estimate of drug-likeness (QED) is 0.834. The SMILES string of the molecule is CCc1cc2c(Br)c[nH]c(=O)c2o1. The fourth-order valence-corrected chi connectivity index (χ4v) is 1.64. The maximum atomic E-state index is 11.3. The van der Waals surface area contributed by atoms with E-state index in [1.807, 2.05) is 13.0 Å². The van der Waals surface area contributed by atoms with Crippen LogP contribution >= 0.6 is 15.9 Å². The predicted octanol–water partition coefficient (Wildman–Crippen LogP) is 2.45. The molecule has 0 aliphatic heterocycles. The summed E-state index contributed by atoms with van der Waals surface area (Å²) in [6.07, 6.45) is 2.42. The van der Waals surface area contributed by atoms with Gasteiger partial charge in [0.15, 0.2) is 5.58 Å². The highest BCUT2D eigenvalue weighted by atomic mass is 79.9. The summed E-state index contributed by atoms with van der Waals surface area (Å²) in [4.78, 5) is 13.9. The summed E-state index contributed by atoms with van der Waals surface area (Å²) >= 11 is 3.34. The van der Waals surface area contributed by atoms with Gasteiger partial charge in [0.05, 0.1) is 0 Å². The number of H-pyrrole nitrogens is 1. The molecule has 0 aliphatic carbocycles. The molecule has 13 heavy (non-hydrogen) atoms. The van der Waals surface area contributed by atoms with Crippen LogP contribution in [-0.2, 0) is 6.42 Å². The average Bonchev–Trinajstić information content (AvgIpc) is 2.56. The van der Waals surface area contributed by atoms with Crippen molar-refractivity contribution < 1.29 is 4.42 Å². The summed E-state index contributed by atoms with van der Waals surface area (Å²) in [5, 5.41) is 0.834. The Kier molecular flexibility index (Phi) is 2.00. The molecule has 0 amide bonds. The highest BCUT2D eigenvalue weighted by Gasteiger charge is 2.08. The second-order valence-electron chi connectivity index (χ2n) is 2.77. The van der Waals surface area contributed by atoms with Gasteiger partial charge in [0.1, 0.15) is 5.76 Å². The Morgan fingerprint density at radius 1 is 1.62 bits per heavy atom. The van der Waals surface area contributed by atoms with Gasteiger partial charge >= 0.3 is 0 Å². The van der Waals surface area contributed by atoms with E-state index in [4.69, 9.17) is 4.42 Å². The first-order valence-corrected chi connectivity index (χ1v) is 4.81. The number of hydrogen-bond donors (Lipinski definition) is 1. The number of aromatic nitrogens is 1. The Balaban J connectivity index is 2.88. The zero-order chi connectivity index (χ0) is 9.42. The molecule has 0 fully saturated rings. The zero-order valence-corrected chi connectivity index (χ0v) is 8.64. The first-order valence-electron chi connectivity index (χ1n) is 4.02. The zero-order valence-electron chi connectivity index (χ0n) is 7.06. The van der Waals surface area contributed by atoms with Crippen LogP contribution in [0.3, 0.4) is 0 Å². The lowest BCUT2D eigenvalue weighted by atomic mass is 10.3. The molecule has 0 bridgehead atoms. The van der Waals surface area contributed by atoms with Gasteiger partial charge < -0.3 is 9.40 Å². The van der Waals surface area contributed by atoms with E-state index in [9.17, 15) is 4.79 Å². The van der Waals surface area contributed by atoms with Crippen LogP contribution in [0.4, 0.5) is 0 Å². The van der Waals surface area contributed by atoms with Crippen LogP contribution in [0.25, 0.3) is 11.0 Å². The first kappa shape index (κ1) is 8.56. The molecule has 0 spiro atoms.